The van der Waals surface area contributed by atoms with Crippen LogP contribution < -0.4 is 26.8 Å². The highest BCUT2D eigenvalue weighted by Gasteiger charge is 2.30. The van der Waals surface area contributed by atoms with Crippen LogP contribution in [0.2, 0.25) is 0 Å². The second-order valence-corrected chi connectivity index (χ2v) is 7.44. The lowest BCUT2D eigenvalue weighted by atomic mass is 10.1. The molecule has 0 bridgehead atoms. The molecule has 0 radical (unpaired) electrons. The summed E-state index contributed by atoms with van der Waals surface area (Å²) in [4.78, 5) is 28.4. The molecular weight excluding hydrogens is 433 g/mol. The molecule has 1 aromatic heterocycles. The molecule has 3 aromatic carbocycles. The molecule has 3 N–H and O–H groups in total. The normalized spacial score (nSPS) is 12.4. The molecule has 0 amide bonds. The summed E-state index contributed by atoms with van der Waals surface area (Å²) in [5, 5.41) is 8.93. The Labute approximate surface area is 186 Å². The van der Waals surface area contributed by atoms with Gasteiger partial charge in [0.25, 0.3) is 10.9 Å². The van der Waals surface area contributed by atoms with Crippen molar-refractivity contribution in [1.82, 2.24) is 4.98 Å². The fraction of sp³-hybridized carbons (Fsp3) is 0.125. The number of hydrogen-bond donors (Lipinski definition) is 3. The molecule has 0 aliphatic heterocycles. The number of rotatable bonds is 7. The number of benzene rings is 2. The van der Waals surface area contributed by atoms with Crippen LogP contribution >= 0.6 is 0 Å². The molecule has 0 spiro atoms. The van der Waals surface area contributed by atoms with Crippen LogP contribution in [-0.4, -0.2) is 4.98 Å². The van der Waals surface area contributed by atoms with Gasteiger partial charge in [-0.3, -0.25) is 9.59 Å². The second kappa shape index (κ2) is 8.78. The van der Waals surface area contributed by atoms with Crippen molar-refractivity contribution in [3.05, 3.63) is 105 Å². The first-order valence-electron chi connectivity index (χ1n) is 10.0. The first-order valence-corrected chi connectivity index (χ1v) is 10.0. The Morgan fingerprint density at radius 3 is 2.15 bits per heavy atom. The Bertz CT molecular complexity index is 1330. The van der Waals surface area contributed by atoms with Crippen molar-refractivity contribution in [2.75, 3.05) is 16.0 Å². The predicted molar refractivity (Wildman–Crippen MR) is 122 cm³/mol. The summed E-state index contributed by atoms with van der Waals surface area (Å²) < 4.78 is 38.2. The smallest absolute Gasteiger partial charge is 0.373 e. The van der Waals surface area contributed by atoms with Crippen molar-refractivity contribution >= 4 is 28.6 Å². The van der Waals surface area contributed by atoms with Crippen LogP contribution in [0.5, 0.6) is 0 Å². The van der Waals surface area contributed by atoms with Gasteiger partial charge in [-0.1, -0.05) is 30.3 Å². The number of hydrogen-bond acceptors (Lipinski definition) is 6. The summed E-state index contributed by atoms with van der Waals surface area (Å²) in [7, 11) is 0. The van der Waals surface area contributed by atoms with E-state index in [0.29, 0.717) is 17.2 Å². The standard InChI is InChI=1S/C24H19F3N4O2/c1-14(15-5-3-2-4-6-15)29-20-21(23(33)22(20)32)31-18-11-12-28-19(13-18)30-17-9-7-16(8-10-17)24(25,26)27/h2-14,29H,1H3,(H2,28,30,31)/t14-/m1/s1. The quantitative estimate of drug-likeness (QED) is 0.328. The van der Waals surface area contributed by atoms with Crippen LogP contribution in [0.1, 0.15) is 24.1 Å². The molecule has 4 rings (SSSR count). The van der Waals surface area contributed by atoms with Gasteiger partial charge in [0.05, 0.1) is 5.56 Å². The Hall–Kier alpha value is -4.14. The average molecular weight is 452 g/mol. The minimum atomic E-state index is -4.41. The maximum atomic E-state index is 12.7. The molecule has 168 valence electrons. The summed E-state index contributed by atoms with van der Waals surface area (Å²) in [6.07, 6.45) is -2.94. The van der Waals surface area contributed by atoms with Gasteiger partial charge in [0, 0.05) is 29.7 Å². The Morgan fingerprint density at radius 1 is 0.818 bits per heavy atom. The number of alkyl halides is 3. The van der Waals surface area contributed by atoms with Gasteiger partial charge < -0.3 is 16.0 Å². The lowest BCUT2D eigenvalue weighted by Crippen LogP contribution is -2.37. The van der Waals surface area contributed by atoms with Gasteiger partial charge in [-0.2, -0.15) is 13.2 Å². The zero-order valence-corrected chi connectivity index (χ0v) is 17.4. The lowest BCUT2D eigenvalue weighted by molar-refractivity contribution is -0.137. The monoisotopic (exact) mass is 452 g/mol. The Morgan fingerprint density at radius 2 is 1.48 bits per heavy atom. The van der Waals surface area contributed by atoms with Crippen molar-refractivity contribution in [3.8, 4) is 0 Å². The summed E-state index contributed by atoms with van der Waals surface area (Å²) in [5.41, 5.74) is 0.233. The molecule has 6 nitrogen and oxygen atoms in total. The third kappa shape index (κ3) is 4.87. The average Bonchev–Trinajstić information content (AvgIpc) is 2.81. The molecule has 0 unspecified atom stereocenters. The van der Waals surface area contributed by atoms with Crippen LogP contribution in [0.15, 0.2) is 82.5 Å². The van der Waals surface area contributed by atoms with Crippen LogP contribution in [0, 0.1) is 0 Å². The SMILES string of the molecule is C[C@@H](Nc1c(Nc2ccnc(Nc3ccc(C(F)(F)F)cc3)c2)c(=O)c1=O)c1ccccc1. The van der Waals surface area contributed by atoms with Crippen LogP contribution in [0.25, 0.3) is 0 Å². The van der Waals surface area contributed by atoms with Crippen molar-refractivity contribution in [2.45, 2.75) is 19.1 Å². The maximum Gasteiger partial charge on any atom is 0.416 e. The minimum absolute atomic E-state index is 0.148. The van der Waals surface area contributed by atoms with E-state index in [4.69, 9.17) is 0 Å². The predicted octanol–water partition coefficient (Wildman–Crippen LogP) is 5.36. The van der Waals surface area contributed by atoms with Crippen molar-refractivity contribution in [1.29, 1.82) is 0 Å². The van der Waals surface area contributed by atoms with Crippen molar-refractivity contribution in [3.63, 3.8) is 0 Å². The molecule has 1 atom stereocenters. The van der Waals surface area contributed by atoms with Crippen molar-refractivity contribution < 1.29 is 13.2 Å². The molecular formula is C24H19F3N4O2. The zero-order chi connectivity index (χ0) is 23.6. The maximum absolute atomic E-state index is 12.7. The van der Waals surface area contributed by atoms with Crippen LogP contribution in [0.3, 0.4) is 0 Å². The molecule has 0 aliphatic rings. The highest BCUT2D eigenvalue weighted by Crippen LogP contribution is 2.31. The van der Waals surface area contributed by atoms with E-state index in [2.05, 4.69) is 20.9 Å². The number of halogens is 3. The molecule has 0 aliphatic carbocycles. The third-order valence-electron chi connectivity index (χ3n) is 5.08. The van der Waals surface area contributed by atoms with E-state index < -0.39 is 22.6 Å². The summed E-state index contributed by atoms with van der Waals surface area (Å²) in [5.74, 6) is 0.352. The van der Waals surface area contributed by atoms with E-state index in [0.717, 1.165) is 17.7 Å². The molecule has 0 saturated heterocycles. The molecule has 1 heterocycles. The summed E-state index contributed by atoms with van der Waals surface area (Å²) >= 11 is 0. The highest BCUT2D eigenvalue weighted by atomic mass is 19.4. The molecule has 33 heavy (non-hydrogen) atoms. The first-order chi connectivity index (χ1) is 15.7. The minimum Gasteiger partial charge on any atom is -0.373 e. The number of anilines is 5. The molecule has 0 fully saturated rings. The van der Waals surface area contributed by atoms with Gasteiger partial charge in [-0.25, -0.2) is 4.98 Å². The Balaban J connectivity index is 1.49. The second-order valence-electron chi connectivity index (χ2n) is 7.44. The fourth-order valence-corrected chi connectivity index (χ4v) is 3.30. The lowest BCUT2D eigenvalue weighted by Gasteiger charge is -2.20. The third-order valence-corrected chi connectivity index (χ3v) is 5.08. The number of nitrogens with zero attached hydrogens (tertiary/aromatic N) is 1. The van der Waals surface area contributed by atoms with E-state index in [1.54, 1.807) is 12.1 Å². The first kappa shape index (κ1) is 22.1. The van der Waals surface area contributed by atoms with Gasteiger partial charge >= 0.3 is 6.18 Å². The van der Waals surface area contributed by atoms with Crippen molar-refractivity contribution in [2.24, 2.45) is 0 Å². The largest absolute Gasteiger partial charge is 0.416 e. The van der Waals surface area contributed by atoms with Gasteiger partial charge in [0.15, 0.2) is 0 Å². The highest BCUT2D eigenvalue weighted by molar-refractivity contribution is 5.79. The molecule has 0 saturated carbocycles. The summed E-state index contributed by atoms with van der Waals surface area (Å²) in [6, 6.07) is 17.0. The summed E-state index contributed by atoms with van der Waals surface area (Å²) in [6.45, 7) is 1.88. The van der Waals surface area contributed by atoms with Gasteiger partial charge in [-0.15, -0.1) is 0 Å². The topological polar surface area (TPSA) is 83.1 Å². The van der Waals surface area contributed by atoms with E-state index in [9.17, 15) is 22.8 Å². The zero-order valence-electron chi connectivity index (χ0n) is 17.4. The van der Waals surface area contributed by atoms with E-state index in [1.165, 1.54) is 18.3 Å². The molecule has 9 heteroatoms. The molecule has 4 aromatic rings. The Kier molecular flexibility index (Phi) is 5.87. The van der Waals surface area contributed by atoms with Gasteiger partial charge in [0.2, 0.25) is 0 Å². The van der Waals surface area contributed by atoms with Gasteiger partial charge in [-0.05, 0) is 42.8 Å². The van der Waals surface area contributed by atoms with E-state index >= 15 is 0 Å². The van der Waals surface area contributed by atoms with E-state index in [1.807, 2.05) is 37.3 Å². The van der Waals surface area contributed by atoms with Gasteiger partial charge in [0.1, 0.15) is 17.2 Å². The fourth-order valence-electron chi connectivity index (χ4n) is 3.30. The number of nitrogens with one attached hydrogen (secondary N) is 3. The number of pyridine rings is 1. The van der Waals surface area contributed by atoms with Crippen LogP contribution in [-0.2, 0) is 6.18 Å². The number of aromatic nitrogens is 1. The van der Waals surface area contributed by atoms with Crippen LogP contribution in [0.4, 0.5) is 41.7 Å². The van der Waals surface area contributed by atoms with E-state index in [-0.39, 0.29) is 17.4 Å².